The fourth-order valence-corrected chi connectivity index (χ4v) is 2.63. The van der Waals surface area contributed by atoms with Crippen LogP contribution in [0.25, 0.3) is 0 Å². The lowest BCUT2D eigenvalue weighted by Crippen LogP contribution is -2.33. The standard InChI is InChI=1S/C16H22N4O3/c1-12(15-6-4-8-23-15)19(2)16(21)18-13-9-17-20(10-13)11-14-5-3-7-22-14/h4,6,8-10,12,14H,3,5,7,11H2,1-2H3,(H,18,21)/t12-,14+/m1/s1. The number of urea groups is 1. The lowest BCUT2D eigenvalue weighted by Gasteiger charge is -2.23. The Balaban J connectivity index is 1.56. The van der Waals surface area contributed by atoms with E-state index in [0.717, 1.165) is 25.2 Å². The molecular formula is C16H22N4O3. The number of furan rings is 1. The van der Waals surface area contributed by atoms with Gasteiger partial charge in [-0.15, -0.1) is 0 Å². The van der Waals surface area contributed by atoms with Crippen LogP contribution in [-0.2, 0) is 11.3 Å². The molecule has 1 N–H and O–H groups in total. The Hall–Kier alpha value is -2.28. The zero-order valence-corrected chi connectivity index (χ0v) is 13.4. The van der Waals surface area contributed by atoms with E-state index >= 15 is 0 Å². The summed E-state index contributed by atoms with van der Waals surface area (Å²) in [4.78, 5) is 13.9. The maximum atomic E-state index is 12.3. The Morgan fingerprint density at radius 3 is 3.17 bits per heavy atom. The van der Waals surface area contributed by atoms with Crippen molar-refractivity contribution in [3.8, 4) is 0 Å². The predicted molar refractivity (Wildman–Crippen MR) is 85.1 cm³/mol. The number of anilines is 1. The predicted octanol–water partition coefficient (Wildman–Crippen LogP) is 2.88. The van der Waals surface area contributed by atoms with E-state index in [2.05, 4.69) is 10.4 Å². The second-order valence-corrected chi connectivity index (χ2v) is 5.82. The van der Waals surface area contributed by atoms with Crippen molar-refractivity contribution in [3.05, 3.63) is 36.5 Å². The molecule has 7 nitrogen and oxygen atoms in total. The first-order valence-corrected chi connectivity index (χ1v) is 7.85. The summed E-state index contributed by atoms with van der Waals surface area (Å²) in [5.41, 5.74) is 0.673. The number of amides is 2. The Morgan fingerprint density at radius 1 is 1.61 bits per heavy atom. The number of ether oxygens (including phenoxy) is 1. The van der Waals surface area contributed by atoms with Crippen LogP contribution in [0.2, 0.25) is 0 Å². The smallest absolute Gasteiger partial charge is 0.322 e. The van der Waals surface area contributed by atoms with Crippen LogP contribution in [0, 0.1) is 0 Å². The normalized spacial score (nSPS) is 18.8. The molecule has 0 unspecified atom stereocenters. The minimum Gasteiger partial charge on any atom is -0.467 e. The number of rotatable bonds is 5. The lowest BCUT2D eigenvalue weighted by molar-refractivity contribution is 0.0940. The van der Waals surface area contributed by atoms with Crippen molar-refractivity contribution < 1.29 is 13.9 Å². The van der Waals surface area contributed by atoms with Crippen LogP contribution in [0.3, 0.4) is 0 Å². The third-order valence-corrected chi connectivity index (χ3v) is 4.16. The Kier molecular flexibility index (Phi) is 4.66. The van der Waals surface area contributed by atoms with Gasteiger partial charge in [0.1, 0.15) is 5.76 Å². The van der Waals surface area contributed by atoms with Gasteiger partial charge in [-0.2, -0.15) is 5.10 Å². The highest BCUT2D eigenvalue weighted by Gasteiger charge is 2.20. The fraction of sp³-hybridized carbons (Fsp3) is 0.500. The Labute approximate surface area is 135 Å². The molecule has 2 aromatic heterocycles. The highest BCUT2D eigenvalue weighted by Crippen LogP contribution is 2.20. The van der Waals surface area contributed by atoms with Gasteiger partial charge in [-0.1, -0.05) is 0 Å². The van der Waals surface area contributed by atoms with Crippen LogP contribution in [-0.4, -0.2) is 40.5 Å². The van der Waals surface area contributed by atoms with Gasteiger partial charge in [-0.25, -0.2) is 4.79 Å². The van der Waals surface area contributed by atoms with E-state index in [9.17, 15) is 4.79 Å². The van der Waals surface area contributed by atoms with E-state index in [1.807, 2.05) is 29.9 Å². The van der Waals surface area contributed by atoms with Crippen molar-refractivity contribution in [2.24, 2.45) is 0 Å². The Morgan fingerprint density at radius 2 is 2.48 bits per heavy atom. The summed E-state index contributed by atoms with van der Waals surface area (Å²) in [5.74, 6) is 0.747. The topological polar surface area (TPSA) is 72.5 Å². The number of nitrogens with zero attached hydrogens (tertiary/aromatic N) is 3. The summed E-state index contributed by atoms with van der Waals surface area (Å²) in [6.45, 7) is 3.46. The molecule has 23 heavy (non-hydrogen) atoms. The lowest BCUT2D eigenvalue weighted by atomic mass is 10.2. The highest BCUT2D eigenvalue weighted by molar-refractivity contribution is 5.89. The van der Waals surface area contributed by atoms with E-state index in [0.29, 0.717) is 12.2 Å². The molecule has 3 rings (SSSR count). The van der Waals surface area contributed by atoms with Gasteiger partial charge in [0.2, 0.25) is 0 Å². The molecule has 1 aliphatic heterocycles. The van der Waals surface area contributed by atoms with Gasteiger partial charge in [-0.3, -0.25) is 4.68 Å². The van der Waals surface area contributed by atoms with Crippen LogP contribution < -0.4 is 5.32 Å². The quantitative estimate of drug-likeness (QED) is 0.920. The van der Waals surface area contributed by atoms with E-state index < -0.39 is 0 Å². The van der Waals surface area contributed by atoms with Crippen LogP contribution in [0.1, 0.15) is 31.6 Å². The van der Waals surface area contributed by atoms with Gasteiger partial charge < -0.3 is 19.4 Å². The summed E-state index contributed by atoms with van der Waals surface area (Å²) in [6, 6.07) is 3.32. The third kappa shape index (κ3) is 3.73. The fourth-order valence-electron chi connectivity index (χ4n) is 2.63. The molecule has 1 fully saturated rings. The molecule has 0 saturated carbocycles. The van der Waals surface area contributed by atoms with Crippen molar-refractivity contribution in [2.45, 2.75) is 38.5 Å². The number of hydrogen-bond donors (Lipinski definition) is 1. The maximum Gasteiger partial charge on any atom is 0.322 e. The van der Waals surface area contributed by atoms with E-state index in [1.165, 1.54) is 0 Å². The van der Waals surface area contributed by atoms with Crippen LogP contribution in [0.15, 0.2) is 35.2 Å². The van der Waals surface area contributed by atoms with Gasteiger partial charge in [0.25, 0.3) is 0 Å². The van der Waals surface area contributed by atoms with Gasteiger partial charge in [0.05, 0.1) is 36.8 Å². The monoisotopic (exact) mass is 318 g/mol. The first-order valence-electron chi connectivity index (χ1n) is 7.85. The number of aromatic nitrogens is 2. The molecule has 2 aromatic rings. The molecule has 1 saturated heterocycles. The maximum absolute atomic E-state index is 12.3. The van der Waals surface area contributed by atoms with Crippen molar-refractivity contribution in [3.63, 3.8) is 0 Å². The summed E-state index contributed by atoms with van der Waals surface area (Å²) >= 11 is 0. The Bertz CT molecular complexity index is 632. The number of carbonyl (C=O) groups excluding carboxylic acids is 1. The van der Waals surface area contributed by atoms with Crippen molar-refractivity contribution >= 4 is 11.7 Å². The van der Waals surface area contributed by atoms with Crippen molar-refractivity contribution in [2.75, 3.05) is 19.0 Å². The van der Waals surface area contributed by atoms with Crippen molar-refractivity contribution in [1.29, 1.82) is 0 Å². The molecular weight excluding hydrogens is 296 g/mol. The number of hydrogen-bond acceptors (Lipinski definition) is 4. The molecule has 0 radical (unpaired) electrons. The van der Waals surface area contributed by atoms with Crippen LogP contribution in [0.4, 0.5) is 10.5 Å². The molecule has 3 heterocycles. The van der Waals surface area contributed by atoms with Gasteiger partial charge >= 0.3 is 6.03 Å². The third-order valence-electron chi connectivity index (χ3n) is 4.16. The van der Waals surface area contributed by atoms with Gasteiger partial charge in [0.15, 0.2) is 0 Å². The van der Waals surface area contributed by atoms with Crippen LogP contribution in [0.5, 0.6) is 0 Å². The van der Waals surface area contributed by atoms with Gasteiger partial charge in [-0.05, 0) is 31.9 Å². The molecule has 0 aromatic carbocycles. The van der Waals surface area contributed by atoms with E-state index in [4.69, 9.17) is 9.15 Å². The number of nitrogens with one attached hydrogen (secondary N) is 1. The average Bonchev–Trinajstić information content (AvgIpc) is 3.28. The zero-order chi connectivity index (χ0) is 16.2. The van der Waals surface area contributed by atoms with E-state index in [1.54, 1.807) is 24.4 Å². The molecule has 2 amide bonds. The second-order valence-electron chi connectivity index (χ2n) is 5.82. The number of carbonyl (C=O) groups is 1. The minimum absolute atomic E-state index is 0.146. The minimum atomic E-state index is -0.203. The molecule has 2 atom stereocenters. The highest BCUT2D eigenvalue weighted by atomic mass is 16.5. The SMILES string of the molecule is C[C@H](c1ccco1)N(C)C(=O)Nc1cnn(C[C@@H]2CCCO2)c1. The largest absolute Gasteiger partial charge is 0.467 e. The molecule has 0 aliphatic carbocycles. The van der Waals surface area contributed by atoms with Gasteiger partial charge in [0, 0.05) is 19.9 Å². The molecule has 7 heteroatoms. The van der Waals surface area contributed by atoms with Crippen molar-refractivity contribution in [1.82, 2.24) is 14.7 Å². The first-order chi connectivity index (χ1) is 11.1. The molecule has 0 spiro atoms. The summed E-state index contributed by atoms with van der Waals surface area (Å²) in [7, 11) is 1.74. The van der Waals surface area contributed by atoms with Crippen LogP contribution >= 0.6 is 0 Å². The summed E-state index contributed by atoms with van der Waals surface area (Å²) in [5, 5.41) is 7.12. The summed E-state index contributed by atoms with van der Waals surface area (Å²) in [6.07, 6.45) is 7.46. The van der Waals surface area contributed by atoms with E-state index in [-0.39, 0.29) is 18.2 Å². The zero-order valence-electron chi connectivity index (χ0n) is 13.4. The first kappa shape index (κ1) is 15.6. The average molecular weight is 318 g/mol. The molecule has 1 aliphatic rings. The second kappa shape index (κ2) is 6.87. The molecule has 0 bridgehead atoms. The molecule has 124 valence electrons. The summed E-state index contributed by atoms with van der Waals surface area (Å²) < 4.78 is 12.7.